The van der Waals surface area contributed by atoms with Crippen LogP contribution in [0.15, 0.2) is 175 Å². The average molecular weight is 601 g/mol. The van der Waals surface area contributed by atoms with Crippen LogP contribution in [0.5, 0.6) is 0 Å². The second-order valence-corrected chi connectivity index (χ2v) is 19.6. The molecule has 3 heteroatoms. The van der Waals surface area contributed by atoms with Crippen molar-refractivity contribution in [1.82, 2.24) is 0 Å². The molecular weight excluding hydrogens is 558 g/mol. The Morgan fingerprint density at radius 3 is 1.14 bits per heavy atom. The first kappa shape index (κ1) is 29.5. The fourth-order valence-electron chi connectivity index (χ4n) is 7.04. The molecule has 218 valence electrons. The second kappa shape index (κ2) is 14.2. The molecule has 0 heterocycles. The number of allylic oxidation sites excluding steroid dienone is 4. The zero-order valence-electron chi connectivity index (χ0n) is 24.8. The van der Waals surface area contributed by atoms with Crippen molar-refractivity contribution in [3.05, 3.63) is 175 Å². The molecule has 0 atom stereocenters. The van der Waals surface area contributed by atoms with Crippen molar-refractivity contribution in [3.8, 4) is 0 Å². The van der Waals surface area contributed by atoms with Crippen LogP contribution in [-0.4, -0.2) is 25.5 Å². The molecule has 5 aromatic rings. The van der Waals surface area contributed by atoms with Crippen LogP contribution in [0.3, 0.4) is 0 Å². The van der Waals surface area contributed by atoms with Gasteiger partial charge in [0.05, 0.1) is 0 Å². The van der Waals surface area contributed by atoms with Crippen molar-refractivity contribution in [2.75, 3.05) is 25.5 Å². The van der Waals surface area contributed by atoms with Crippen molar-refractivity contribution >= 4 is 41.0 Å². The molecule has 1 aliphatic rings. The summed E-state index contributed by atoms with van der Waals surface area (Å²) in [5.41, 5.74) is 0. The predicted octanol–water partition coefficient (Wildman–Crippen LogP) is 7.36. The molecule has 0 aliphatic heterocycles. The molecule has 0 N–H and O–H groups in total. The van der Waals surface area contributed by atoms with Gasteiger partial charge >= 0.3 is 259 Å². The van der Waals surface area contributed by atoms with E-state index in [1.54, 1.807) is 5.31 Å². The molecule has 0 amide bonds. The molecule has 1 nitrogen and oxygen atoms in total. The Morgan fingerprint density at radius 1 is 0.442 bits per heavy atom. The van der Waals surface area contributed by atoms with E-state index in [0.717, 1.165) is 38.4 Å². The van der Waals surface area contributed by atoms with E-state index in [9.17, 15) is 0 Å². The van der Waals surface area contributed by atoms with E-state index in [4.69, 9.17) is 4.74 Å². The maximum absolute atomic E-state index is 6.77. The average Bonchev–Trinajstić information content (AvgIpc) is 3.11. The molecule has 0 bridgehead atoms. The summed E-state index contributed by atoms with van der Waals surface area (Å²) in [5, 5.41) is 8.88. The van der Waals surface area contributed by atoms with E-state index < -0.39 is 14.5 Å². The molecule has 1 aliphatic carbocycles. The van der Waals surface area contributed by atoms with Gasteiger partial charge in [0, 0.05) is 0 Å². The summed E-state index contributed by atoms with van der Waals surface area (Å²) in [7, 11) is -4.55. The van der Waals surface area contributed by atoms with Crippen LogP contribution < -0.4 is 26.5 Å². The number of benzene rings is 5. The van der Waals surface area contributed by atoms with Crippen LogP contribution in [0.25, 0.3) is 0 Å². The Kier molecular flexibility index (Phi) is 9.76. The normalized spacial score (nSPS) is 14.2. The fourth-order valence-corrected chi connectivity index (χ4v) is 16.5. The molecule has 6 rings (SSSR count). The maximum atomic E-state index is 6.77. The van der Waals surface area contributed by atoms with Gasteiger partial charge in [-0.1, -0.05) is 0 Å². The van der Waals surface area contributed by atoms with Gasteiger partial charge < -0.3 is 0 Å². The summed E-state index contributed by atoms with van der Waals surface area (Å²) in [6, 6.07) is 56.1. The third-order valence-corrected chi connectivity index (χ3v) is 19.2. The minimum atomic E-state index is -2.31. The third kappa shape index (κ3) is 6.23. The van der Waals surface area contributed by atoms with Gasteiger partial charge in [-0.3, -0.25) is 0 Å². The molecule has 0 spiro atoms. The molecule has 0 unspecified atom stereocenters. The second-order valence-electron chi connectivity index (χ2n) is 11.4. The predicted molar refractivity (Wildman–Crippen MR) is 194 cm³/mol. The third-order valence-electron chi connectivity index (χ3n) is 9.14. The van der Waals surface area contributed by atoms with Gasteiger partial charge in [-0.15, -0.1) is 0 Å². The van der Waals surface area contributed by atoms with Gasteiger partial charge in [0.15, 0.2) is 0 Å². The Morgan fingerprint density at radius 2 is 0.791 bits per heavy atom. The van der Waals surface area contributed by atoms with Gasteiger partial charge in [-0.2, -0.15) is 0 Å². The van der Waals surface area contributed by atoms with Crippen LogP contribution in [0.4, 0.5) is 0 Å². The summed E-state index contributed by atoms with van der Waals surface area (Å²) in [6.45, 7) is 1.48. The Hall–Kier alpha value is -3.60. The summed E-state index contributed by atoms with van der Waals surface area (Å²) in [6.07, 6.45) is 11.3. The molecule has 0 aromatic heterocycles. The van der Waals surface area contributed by atoms with E-state index in [2.05, 4.69) is 170 Å². The number of ether oxygens (including phenoxy) is 1. The van der Waals surface area contributed by atoms with Crippen LogP contribution in [-0.2, 0) is 4.74 Å². The summed E-state index contributed by atoms with van der Waals surface area (Å²) >= 11 is 0. The molecule has 5 aromatic carbocycles. The first-order valence-corrected chi connectivity index (χ1v) is 20.0. The summed E-state index contributed by atoms with van der Waals surface area (Å²) < 4.78 is 6.77. The topological polar surface area (TPSA) is 9.23 Å². The van der Waals surface area contributed by atoms with Crippen LogP contribution in [0.1, 0.15) is 12.8 Å². The van der Waals surface area contributed by atoms with E-state index >= 15 is 0 Å². The molecular formula is C40H42OP2. The number of rotatable bonds is 12. The van der Waals surface area contributed by atoms with Gasteiger partial charge in [0.25, 0.3) is 0 Å². The van der Waals surface area contributed by atoms with Crippen LogP contribution >= 0.6 is 14.5 Å². The SMILES string of the molecule is C1=CCCC([PH](CCOCC[PH](c2ccccc2)(c2ccccc2)c2ccccc2)(c2ccccc2)c2ccccc2)=C1. The van der Waals surface area contributed by atoms with Crippen molar-refractivity contribution in [2.45, 2.75) is 12.8 Å². The molecule has 0 fully saturated rings. The van der Waals surface area contributed by atoms with Crippen LogP contribution in [0, 0.1) is 0 Å². The van der Waals surface area contributed by atoms with Gasteiger partial charge in [0.1, 0.15) is 0 Å². The van der Waals surface area contributed by atoms with Crippen molar-refractivity contribution in [1.29, 1.82) is 0 Å². The van der Waals surface area contributed by atoms with Gasteiger partial charge in [-0.05, 0) is 0 Å². The first-order valence-electron chi connectivity index (χ1n) is 15.6. The Balaban J connectivity index is 1.32. The van der Waals surface area contributed by atoms with E-state index in [0.29, 0.717) is 0 Å². The monoisotopic (exact) mass is 600 g/mol. The van der Waals surface area contributed by atoms with Gasteiger partial charge in [0.2, 0.25) is 0 Å². The van der Waals surface area contributed by atoms with E-state index in [-0.39, 0.29) is 0 Å². The summed E-state index contributed by atoms with van der Waals surface area (Å²) in [5.74, 6) is 0. The Labute approximate surface area is 258 Å². The van der Waals surface area contributed by atoms with Crippen molar-refractivity contribution in [3.63, 3.8) is 0 Å². The molecule has 0 radical (unpaired) electrons. The van der Waals surface area contributed by atoms with Crippen LogP contribution in [0.2, 0.25) is 0 Å². The van der Waals surface area contributed by atoms with Gasteiger partial charge in [-0.25, -0.2) is 0 Å². The minimum absolute atomic E-state index is 0.734. The summed E-state index contributed by atoms with van der Waals surface area (Å²) in [4.78, 5) is 0. The van der Waals surface area contributed by atoms with E-state index in [1.165, 1.54) is 26.5 Å². The number of hydrogen-bond donors (Lipinski definition) is 0. The number of hydrogen-bond acceptors (Lipinski definition) is 1. The fraction of sp³-hybridized carbons (Fsp3) is 0.150. The Bertz CT molecular complexity index is 1480. The molecule has 43 heavy (non-hydrogen) atoms. The standard InChI is InChI=1S/C40H42OP2/c1-7-19-35(20-8-1)42(36-21-9-2-10-22-36,37-23-11-3-12-24-37)33-31-41-32-34-43(38-25-13-4-14-26-38,39-27-15-5-16-28-39)40-29-17-6-18-30-40/h1-17,19-29,42-43H,18,30-34H2. The molecule has 0 saturated heterocycles. The molecule has 0 saturated carbocycles. The van der Waals surface area contributed by atoms with Crippen molar-refractivity contribution in [2.24, 2.45) is 0 Å². The zero-order valence-corrected chi connectivity index (χ0v) is 26.8. The quantitative estimate of drug-likeness (QED) is 0.107. The first-order chi connectivity index (χ1) is 21.3. The van der Waals surface area contributed by atoms with Crippen molar-refractivity contribution < 1.29 is 4.74 Å². The van der Waals surface area contributed by atoms with E-state index in [1.807, 2.05) is 0 Å². The zero-order chi connectivity index (χ0) is 29.2.